The summed E-state index contributed by atoms with van der Waals surface area (Å²) in [5, 5.41) is 0. The largest absolute Gasteiger partial charge is 0.313 e. The number of aromatic nitrogens is 2. The lowest BCUT2D eigenvalue weighted by Gasteiger charge is -1.93. The third-order valence-electron chi connectivity index (χ3n) is 1.88. The highest BCUT2D eigenvalue weighted by Gasteiger charge is 1.98. The Bertz CT molecular complexity index is 401. The van der Waals surface area contributed by atoms with E-state index in [0.717, 1.165) is 11.3 Å². The predicted octanol–water partition coefficient (Wildman–Crippen LogP) is 2.65. The van der Waals surface area contributed by atoms with Gasteiger partial charge in [-0.05, 0) is 0 Å². The number of rotatable bonds is 2. The molecule has 0 saturated carbocycles. The lowest BCUT2D eigenvalue weighted by Crippen LogP contribution is -1.76. The summed E-state index contributed by atoms with van der Waals surface area (Å²) in [7, 11) is 0. The molecular formula is C11H10N2. The first-order chi connectivity index (χ1) is 6.40. The van der Waals surface area contributed by atoms with Gasteiger partial charge in [0, 0.05) is 18.0 Å². The number of hydrogen-bond donors (Lipinski definition) is 0. The molecule has 2 heteroatoms. The molecule has 2 nitrogen and oxygen atoms in total. The molecule has 1 heterocycles. The fourth-order valence-corrected chi connectivity index (χ4v) is 1.19. The maximum Gasteiger partial charge on any atom is 0.0994 e. The van der Waals surface area contributed by atoms with Gasteiger partial charge in [-0.1, -0.05) is 36.9 Å². The SMILES string of the molecule is C=Cn1cnc(-c2ccccc2)c1. The Morgan fingerprint density at radius 2 is 2.00 bits per heavy atom. The summed E-state index contributed by atoms with van der Waals surface area (Å²) >= 11 is 0. The van der Waals surface area contributed by atoms with Crippen LogP contribution in [0.5, 0.6) is 0 Å². The molecule has 64 valence electrons. The number of imidazole rings is 1. The Morgan fingerprint density at radius 1 is 1.23 bits per heavy atom. The summed E-state index contributed by atoms with van der Waals surface area (Å²) in [5.41, 5.74) is 2.10. The van der Waals surface area contributed by atoms with Crippen LogP contribution < -0.4 is 0 Å². The van der Waals surface area contributed by atoms with E-state index in [1.165, 1.54) is 0 Å². The first-order valence-electron chi connectivity index (χ1n) is 4.11. The van der Waals surface area contributed by atoms with Gasteiger partial charge in [0.2, 0.25) is 0 Å². The topological polar surface area (TPSA) is 17.8 Å². The molecule has 0 unspecified atom stereocenters. The summed E-state index contributed by atoms with van der Waals surface area (Å²) in [4.78, 5) is 4.25. The third kappa shape index (κ3) is 1.51. The average molecular weight is 170 g/mol. The zero-order valence-electron chi connectivity index (χ0n) is 7.22. The summed E-state index contributed by atoms with van der Waals surface area (Å²) in [6.45, 7) is 3.66. The molecule has 2 aromatic rings. The van der Waals surface area contributed by atoms with Crippen LogP contribution in [0, 0.1) is 0 Å². The molecule has 0 radical (unpaired) electrons. The molecule has 1 aromatic heterocycles. The van der Waals surface area contributed by atoms with Gasteiger partial charge in [-0.3, -0.25) is 0 Å². The molecule has 0 fully saturated rings. The maximum atomic E-state index is 4.25. The van der Waals surface area contributed by atoms with E-state index in [0.29, 0.717) is 0 Å². The molecule has 0 aliphatic heterocycles. The lowest BCUT2D eigenvalue weighted by molar-refractivity contribution is 1.14. The quantitative estimate of drug-likeness (QED) is 0.677. The van der Waals surface area contributed by atoms with E-state index < -0.39 is 0 Å². The molecule has 0 aliphatic carbocycles. The van der Waals surface area contributed by atoms with Crippen LogP contribution in [0.4, 0.5) is 0 Å². The number of benzene rings is 1. The van der Waals surface area contributed by atoms with Gasteiger partial charge in [0.1, 0.15) is 0 Å². The van der Waals surface area contributed by atoms with E-state index in [9.17, 15) is 0 Å². The van der Waals surface area contributed by atoms with Crippen molar-refractivity contribution in [1.29, 1.82) is 0 Å². The maximum absolute atomic E-state index is 4.25. The molecular weight excluding hydrogens is 160 g/mol. The van der Waals surface area contributed by atoms with Crippen molar-refractivity contribution < 1.29 is 0 Å². The van der Waals surface area contributed by atoms with Gasteiger partial charge in [-0.15, -0.1) is 0 Å². The van der Waals surface area contributed by atoms with Gasteiger partial charge in [0.25, 0.3) is 0 Å². The van der Waals surface area contributed by atoms with Gasteiger partial charge in [0.15, 0.2) is 0 Å². The summed E-state index contributed by atoms with van der Waals surface area (Å²) in [5.74, 6) is 0. The second-order valence-electron chi connectivity index (χ2n) is 2.75. The Morgan fingerprint density at radius 3 is 2.62 bits per heavy atom. The first-order valence-corrected chi connectivity index (χ1v) is 4.11. The fourth-order valence-electron chi connectivity index (χ4n) is 1.19. The summed E-state index contributed by atoms with van der Waals surface area (Å²) < 4.78 is 1.84. The van der Waals surface area contributed by atoms with Gasteiger partial charge < -0.3 is 4.57 Å². The minimum absolute atomic E-state index is 0.973. The molecule has 0 atom stereocenters. The highest BCUT2D eigenvalue weighted by Crippen LogP contribution is 2.15. The van der Waals surface area contributed by atoms with E-state index >= 15 is 0 Å². The predicted molar refractivity (Wildman–Crippen MR) is 54.1 cm³/mol. The molecule has 0 amide bonds. The van der Waals surface area contributed by atoms with E-state index in [1.807, 2.05) is 41.1 Å². The second kappa shape index (κ2) is 3.27. The zero-order chi connectivity index (χ0) is 9.10. The summed E-state index contributed by atoms with van der Waals surface area (Å²) in [6.07, 6.45) is 5.41. The van der Waals surface area contributed by atoms with Crippen molar-refractivity contribution in [3.8, 4) is 11.3 Å². The van der Waals surface area contributed by atoms with E-state index in [2.05, 4.69) is 11.6 Å². The van der Waals surface area contributed by atoms with Crippen LogP contribution in [-0.2, 0) is 0 Å². The molecule has 0 spiro atoms. The van der Waals surface area contributed by atoms with Crippen molar-refractivity contribution in [2.24, 2.45) is 0 Å². The van der Waals surface area contributed by atoms with Crippen molar-refractivity contribution in [1.82, 2.24) is 9.55 Å². The normalized spacial score (nSPS) is 9.85. The Balaban J connectivity index is 2.41. The summed E-state index contributed by atoms with van der Waals surface area (Å²) in [6, 6.07) is 10.1. The van der Waals surface area contributed by atoms with Crippen LogP contribution in [0.15, 0.2) is 49.4 Å². The molecule has 13 heavy (non-hydrogen) atoms. The minimum Gasteiger partial charge on any atom is -0.313 e. The number of hydrogen-bond acceptors (Lipinski definition) is 1. The Labute approximate surface area is 77.2 Å². The van der Waals surface area contributed by atoms with E-state index in [-0.39, 0.29) is 0 Å². The zero-order valence-corrected chi connectivity index (χ0v) is 7.22. The molecule has 1 aromatic carbocycles. The highest BCUT2D eigenvalue weighted by atomic mass is 15.0. The van der Waals surface area contributed by atoms with Crippen LogP contribution in [0.3, 0.4) is 0 Å². The molecule has 0 N–H and O–H groups in total. The number of nitrogens with zero attached hydrogens (tertiary/aromatic N) is 2. The van der Waals surface area contributed by atoms with Gasteiger partial charge in [0.05, 0.1) is 12.0 Å². The molecule has 0 aliphatic rings. The monoisotopic (exact) mass is 170 g/mol. The van der Waals surface area contributed by atoms with Gasteiger partial charge in [-0.2, -0.15) is 0 Å². The van der Waals surface area contributed by atoms with Crippen molar-refractivity contribution >= 4 is 6.20 Å². The van der Waals surface area contributed by atoms with Crippen molar-refractivity contribution in [3.05, 3.63) is 49.4 Å². The smallest absolute Gasteiger partial charge is 0.0994 e. The standard InChI is InChI=1S/C11H10N2/c1-2-13-8-11(12-9-13)10-6-4-3-5-7-10/h2-9H,1H2. The van der Waals surface area contributed by atoms with E-state index in [4.69, 9.17) is 0 Å². The first kappa shape index (κ1) is 7.80. The molecule has 0 bridgehead atoms. The average Bonchev–Trinajstić information content (AvgIpc) is 2.67. The van der Waals surface area contributed by atoms with E-state index in [1.54, 1.807) is 12.5 Å². The van der Waals surface area contributed by atoms with Crippen LogP contribution in [0.25, 0.3) is 17.5 Å². The Kier molecular flexibility index (Phi) is 1.96. The lowest BCUT2D eigenvalue weighted by atomic mass is 10.2. The fraction of sp³-hybridized carbons (Fsp3) is 0. The van der Waals surface area contributed by atoms with Crippen molar-refractivity contribution in [2.45, 2.75) is 0 Å². The van der Waals surface area contributed by atoms with Gasteiger partial charge in [-0.25, -0.2) is 4.98 Å². The van der Waals surface area contributed by atoms with Crippen LogP contribution in [-0.4, -0.2) is 9.55 Å². The molecule has 0 saturated heterocycles. The van der Waals surface area contributed by atoms with Crippen molar-refractivity contribution in [2.75, 3.05) is 0 Å². The third-order valence-corrected chi connectivity index (χ3v) is 1.88. The van der Waals surface area contributed by atoms with Crippen molar-refractivity contribution in [3.63, 3.8) is 0 Å². The Hall–Kier alpha value is -1.83. The van der Waals surface area contributed by atoms with Crippen LogP contribution in [0.2, 0.25) is 0 Å². The molecule has 2 rings (SSSR count). The van der Waals surface area contributed by atoms with Crippen LogP contribution >= 0.6 is 0 Å². The minimum atomic E-state index is 0.973. The second-order valence-corrected chi connectivity index (χ2v) is 2.75. The van der Waals surface area contributed by atoms with Crippen LogP contribution in [0.1, 0.15) is 0 Å². The van der Waals surface area contributed by atoms with Gasteiger partial charge >= 0.3 is 0 Å². The highest BCUT2D eigenvalue weighted by molar-refractivity contribution is 5.58.